The minimum absolute atomic E-state index is 0.134. The Morgan fingerprint density at radius 1 is 1.37 bits per heavy atom. The molecule has 4 heteroatoms. The molecule has 1 aromatic rings. The van der Waals surface area contributed by atoms with Crippen molar-refractivity contribution in [3.8, 4) is 0 Å². The van der Waals surface area contributed by atoms with Gasteiger partial charge in [-0.15, -0.1) is 0 Å². The van der Waals surface area contributed by atoms with Crippen LogP contribution in [0.2, 0.25) is 0 Å². The minimum atomic E-state index is -0.286. The molecule has 3 nitrogen and oxygen atoms in total. The van der Waals surface area contributed by atoms with E-state index in [2.05, 4.69) is 10.2 Å². The lowest BCUT2D eigenvalue weighted by atomic mass is 9.91. The first-order valence-corrected chi connectivity index (χ1v) is 6.97. The van der Waals surface area contributed by atoms with E-state index >= 15 is 0 Å². The van der Waals surface area contributed by atoms with Crippen LogP contribution < -0.4 is 10.2 Å². The molecule has 0 amide bonds. The molecule has 0 saturated heterocycles. The molecule has 2 rings (SSSR count). The van der Waals surface area contributed by atoms with Crippen LogP contribution in [0, 0.1) is 5.82 Å². The molecule has 2 N–H and O–H groups in total. The van der Waals surface area contributed by atoms with Crippen molar-refractivity contribution in [1.82, 2.24) is 5.32 Å². The molecule has 1 aliphatic rings. The molecule has 1 saturated carbocycles. The molecule has 1 aliphatic carbocycles. The van der Waals surface area contributed by atoms with Gasteiger partial charge in [-0.2, -0.15) is 0 Å². The van der Waals surface area contributed by atoms with Gasteiger partial charge in [0.15, 0.2) is 0 Å². The number of aliphatic hydroxyl groups is 1. The second-order valence-corrected chi connectivity index (χ2v) is 5.33. The molecule has 2 atom stereocenters. The Bertz CT molecular complexity index is 425. The van der Waals surface area contributed by atoms with Crippen LogP contribution >= 0.6 is 0 Å². The zero-order valence-electron chi connectivity index (χ0n) is 11.7. The molecular formula is C15H23FN2O. The summed E-state index contributed by atoms with van der Waals surface area (Å²) in [7, 11) is 3.84. The highest BCUT2D eigenvalue weighted by Gasteiger charge is 2.27. The molecular weight excluding hydrogens is 243 g/mol. The van der Waals surface area contributed by atoms with E-state index in [0.29, 0.717) is 6.54 Å². The molecule has 0 heterocycles. The van der Waals surface area contributed by atoms with Gasteiger partial charge in [0.25, 0.3) is 0 Å². The van der Waals surface area contributed by atoms with E-state index in [-0.39, 0.29) is 18.0 Å². The Morgan fingerprint density at radius 3 is 2.79 bits per heavy atom. The predicted molar refractivity (Wildman–Crippen MR) is 75.8 cm³/mol. The van der Waals surface area contributed by atoms with Crippen LogP contribution in [0.25, 0.3) is 0 Å². The molecule has 19 heavy (non-hydrogen) atoms. The van der Waals surface area contributed by atoms with Crippen molar-refractivity contribution in [2.75, 3.05) is 19.0 Å². The molecule has 1 aromatic carbocycles. The van der Waals surface area contributed by atoms with Gasteiger partial charge in [0.2, 0.25) is 0 Å². The number of nitrogens with one attached hydrogen (secondary N) is 1. The summed E-state index contributed by atoms with van der Waals surface area (Å²) >= 11 is 0. The smallest absolute Gasteiger partial charge is 0.123 e. The maximum Gasteiger partial charge on any atom is 0.123 e. The van der Waals surface area contributed by atoms with Crippen molar-refractivity contribution >= 4 is 5.69 Å². The summed E-state index contributed by atoms with van der Waals surface area (Å²) in [6.45, 7) is 0.625. The zero-order chi connectivity index (χ0) is 13.8. The first kappa shape index (κ1) is 14.3. The third kappa shape index (κ3) is 3.25. The number of anilines is 1. The standard InChI is InChI=1S/C15H23FN2O/c1-17-10-11-9-12(16)7-8-13(11)18(2)14-5-3-4-6-15(14)19/h7-9,14-15,17,19H,3-6,10H2,1-2H3. The van der Waals surface area contributed by atoms with Crippen molar-refractivity contribution < 1.29 is 9.50 Å². The molecule has 0 aromatic heterocycles. The van der Waals surface area contributed by atoms with Crippen LogP contribution in [0.15, 0.2) is 18.2 Å². The topological polar surface area (TPSA) is 35.5 Å². The molecule has 1 fully saturated rings. The van der Waals surface area contributed by atoms with Gasteiger partial charge in [-0.25, -0.2) is 4.39 Å². The average molecular weight is 266 g/mol. The predicted octanol–water partition coefficient (Wildman–Crippen LogP) is 2.28. The summed E-state index contributed by atoms with van der Waals surface area (Å²) in [5.74, 6) is -0.216. The van der Waals surface area contributed by atoms with E-state index in [1.807, 2.05) is 20.2 Å². The van der Waals surface area contributed by atoms with Gasteiger partial charge in [0.1, 0.15) is 5.82 Å². The zero-order valence-corrected chi connectivity index (χ0v) is 11.7. The van der Waals surface area contributed by atoms with E-state index in [0.717, 1.165) is 36.9 Å². The number of benzene rings is 1. The molecule has 0 bridgehead atoms. The largest absolute Gasteiger partial charge is 0.391 e. The molecule has 0 radical (unpaired) electrons. The van der Waals surface area contributed by atoms with Crippen LogP contribution in [0.3, 0.4) is 0 Å². The molecule has 0 aliphatic heterocycles. The second kappa shape index (κ2) is 6.35. The summed E-state index contributed by atoms with van der Waals surface area (Å²) in [5.41, 5.74) is 1.93. The van der Waals surface area contributed by atoms with Crippen molar-refractivity contribution in [2.45, 2.75) is 44.4 Å². The van der Waals surface area contributed by atoms with Crippen molar-refractivity contribution in [2.24, 2.45) is 0 Å². The highest BCUT2D eigenvalue weighted by atomic mass is 19.1. The Kier molecular flexibility index (Phi) is 4.77. The van der Waals surface area contributed by atoms with Gasteiger partial charge < -0.3 is 15.3 Å². The summed E-state index contributed by atoms with van der Waals surface area (Å²) in [5, 5.41) is 13.2. The first-order chi connectivity index (χ1) is 9.13. The van der Waals surface area contributed by atoms with Crippen LogP contribution in [-0.2, 0) is 6.54 Å². The average Bonchev–Trinajstić information content (AvgIpc) is 2.39. The molecule has 0 spiro atoms. The normalized spacial score (nSPS) is 23.4. The van der Waals surface area contributed by atoms with Gasteiger partial charge in [-0.3, -0.25) is 0 Å². The van der Waals surface area contributed by atoms with Crippen LogP contribution in [0.1, 0.15) is 31.2 Å². The van der Waals surface area contributed by atoms with E-state index in [1.165, 1.54) is 6.07 Å². The van der Waals surface area contributed by atoms with Gasteiger partial charge in [0, 0.05) is 19.3 Å². The van der Waals surface area contributed by atoms with E-state index in [1.54, 1.807) is 6.07 Å². The maximum absolute atomic E-state index is 13.4. The Morgan fingerprint density at radius 2 is 2.11 bits per heavy atom. The lowest BCUT2D eigenvalue weighted by molar-refractivity contribution is 0.106. The SMILES string of the molecule is CNCc1cc(F)ccc1N(C)C1CCCCC1O. The highest BCUT2D eigenvalue weighted by molar-refractivity contribution is 5.54. The summed E-state index contributed by atoms with van der Waals surface area (Å²) < 4.78 is 13.4. The van der Waals surface area contributed by atoms with Gasteiger partial charge >= 0.3 is 0 Å². The van der Waals surface area contributed by atoms with Crippen LogP contribution in [0.4, 0.5) is 10.1 Å². The van der Waals surface area contributed by atoms with E-state index < -0.39 is 0 Å². The van der Waals surface area contributed by atoms with Crippen LogP contribution in [-0.4, -0.2) is 31.3 Å². The highest BCUT2D eigenvalue weighted by Crippen LogP contribution is 2.29. The van der Waals surface area contributed by atoms with Gasteiger partial charge in [-0.05, 0) is 43.7 Å². The lowest BCUT2D eigenvalue weighted by Gasteiger charge is -2.37. The quantitative estimate of drug-likeness (QED) is 0.877. The van der Waals surface area contributed by atoms with Crippen molar-refractivity contribution in [1.29, 1.82) is 0 Å². The number of nitrogens with zero attached hydrogens (tertiary/aromatic N) is 1. The fourth-order valence-corrected chi connectivity index (χ4v) is 2.95. The first-order valence-electron chi connectivity index (χ1n) is 6.97. The number of rotatable bonds is 4. The van der Waals surface area contributed by atoms with Crippen LogP contribution in [0.5, 0.6) is 0 Å². The van der Waals surface area contributed by atoms with Gasteiger partial charge in [-0.1, -0.05) is 12.8 Å². The number of hydrogen-bond donors (Lipinski definition) is 2. The summed E-state index contributed by atoms with van der Waals surface area (Å²) in [6, 6.07) is 5.00. The summed E-state index contributed by atoms with van der Waals surface area (Å²) in [6.07, 6.45) is 3.81. The van der Waals surface area contributed by atoms with E-state index in [9.17, 15) is 9.50 Å². The number of aliphatic hydroxyl groups excluding tert-OH is 1. The minimum Gasteiger partial charge on any atom is -0.391 e. The molecule has 106 valence electrons. The monoisotopic (exact) mass is 266 g/mol. The van der Waals surface area contributed by atoms with Crippen molar-refractivity contribution in [3.63, 3.8) is 0 Å². The van der Waals surface area contributed by atoms with Gasteiger partial charge in [0.05, 0.1) is 12.1 Å². The third-order valence-electron chi connectivity index (χ3n) is 3.98. The summed E-state index contributed by atoms with van der Waals surface area (Å²) in [4.78, 5) is 2.11. The lowest BCUT2D eigenvalue weighted by Crippen LogP contribution is -2.44. The maximum atomic E-state index is 13.4. The molecule has 2 unspecified atom stereocenters. The fourth-order valence-electron chi connectivity index (χ4n) is 2.95. The number of hydrogen-bond acceptors (Lipinski definition) is 3. The second-order valence-electron chi connectivity index (χ2n) is 5.33. The number of likely N-dealkylation sites (N-methyl/N-ethyl adjacent to an activating group) is 1. The van der Waals surface area contributed by atoms with E-state index in [4.69, 9.17) is 0 Å². The number of halogens is 1. The Balaban J connectivity index is 2.24. The third-order valence-corrected chi connectivity index (χ3v) is 3.98. The Labute approximate surface area is 114 Å². The Hall–Kier alpha value is -1.13. The fraction of sp³-hybridized carbons (Fsp3) is 0.600. The van der Waals surface area contributed by atoms with Crippen molar-refractivity contribution in [3.05, 3.63) is 29.6 Å².